The van der Waals surface area contributed by atoms with Crippen molar-refractivity contribution >= 4 is 45.9 Å². The quantitative estimate of drug-likeness (QED) is 0.498. The molecule has 0 aliphatic heterocycles. The molecule has 3 rings (SSSR count). The number of anilines is 1. The van der Waals surface area contributed by atoms with Crippen LogP contribution in [0.25, 0.3) is 10.9 Å². The van der Waals surface area contributed by atoms with Crippen molar-refractivity contribution in [1.82, 2.24) is 4.98 Å². The van der Waals surface area contributed by atoms with Crippen molar-refractivity contribution in [3.63, 3.8) is 0 Å². The van der Waals surface area contributed by atoms with E-state index in [1.54, 1.807) is 13.2 Å². The number of rotatable bonds is 5. The number of aromatic nitrogens is 1. The highest BCUT2D eigenvalue weighted by molar-refractivity contribution is 7.99. The number of benzene rings is 2. The summed E-state index contributed by atoms with van der Waals surface area (Å²) in [6.07, 6.45) is -4.60. The van der Waals surface area contributed by atoms with Gasteiger partial charge in [0.2, 0.25) is 5.91 Å². The Labute approximate surface area is 174 Å². The van der Waals surface area contributed by atoms with Crippen LogP contribution < -0.4 is 10.1 Å². The molecule has 0 fully saturated rings. The molecule has 152 valence electrons. The number of amides is 1. The lowest BCUT2D eigenvalue weighted by Crippen LogP contribution is -2.15. The molecule has 0 unspecified atom stereocenters. The van der Waals surface area contributed by atoms with Gasteiger partial charge in [-0.25, -0.2) is 4.98 Å². The number of aryl methyl sites for hydroxylation is 1. The summed E-state index contributed by atoms with van der Waals surface area (Å²) in [5.41, 5.74) is 0.762. The van der Waals surface area contributed by atoms with Gasteiger partial charge in [0.15, 0.2) is 0 Å². The van der Waals surface area contributed by atoms with E-state index in [1.807, 2.05) is 25.1 Å². The summed E-state index contributed by atoms with van der Waals surface area (Å²) in [7, 11) is 1.57. The number of alkyl halides is 3. The second-order valence-corrected chi connectivity index (χ2v) is 7.59. The van der Waals surface area contributed by atoms with E-state index in [2.05, 4.69) is 10.3 Å². The summed E-state index contributed by atoms with van der Waals surface area (Å²) >= 11 is 6.78. The lowest BCUT2D eigenvalue weighted by atomic mass is 10.1. The molecule has 9 heteroatoms. The van der Waals surface area contributed by atoms with E-state index in [-0.39, 0.29) is 11.4 Å². The van der Waals surface area contributed by atoms with Gasteiger partial charge in [-0.15, -0.1) is 0 Å². The number of nitrogens with zero attached hydrogens (tertiary/aromatic N) is 1. The average Bonchev–Trinajstić information content (AvgIpc) is 2.66. The van der Waals surface area contributed by atoms with Crippen LogP contribution >= 0.6 is 23.4 Å². The minimum atomic E-state index is -4.60. The van der Waals surface area contributed by atoms with E-state index >= 15 is 0 Å². The van der Waals surface area contributed by atoms with Crippen LogP contribution in [0.5, 0.6) is 5.75 Å². The fraction of sp³-hybridized carbons (Fsp3) is 0.200. The Bertz CT molecular complexity index is 1070. The minimum Gasteiger partial charge on any atom is -0.497 e. The number of fused-ring (bicyclic) bond motifs is 1. The maximum Gasteiger partial charge on any atom is 0.417 e. The standard InChI is InChI=1S/C20H16ClF3N2O2S/c1-11-7-19(26-17-9-13(28-2)4-5-14(11)17)29-10-18(27)25-12-3-6-16(21)15(8-12)20(22,23)24/h3-9H,10H2,1-2H3,(H,25,27). The van der Waals surface area contributed by atoms with E-state index in [0.29, 0.717) is 10.8 Å². The monoisotopic (exact) mass is 440 g/mol. The topological polar surface area (TPSA) is 51.2 Å². The molecule has 0 aliphatic carbocycles. The second-order valence-electron chi connectivity index (χ2n) is 6.19. The van der Waals surface area contributed by atoms with Gasteiger partial charge < -0.3 is 10.1 Å². The number of hydrogen-bond acceptors (Lipinski definition) is 4. The van der Waals surface area contributed by atoms with Crippen molar-refractivity contribution in [2.75, 3.05) is 18.2 Å². The average molecular weight is 441 g/mol. The summed E-state index contributed by atoms with van der Waals surface area (Å²) in [5, 5.41) is 3.64. The van der Waals surface area contributed by atoms with Crippen molar-refractivity contribution in [3.8, 4) is 5.75 Å². The lowest BCUT2D eigenvalue weighted by molar-refractivity contribution is -0.137. The van der Waals surface area contributed by atoms with Crippen molar-refractivity contribution < 1.29 is 22.7 Å². The maximum atomic E-state index is 12.9. The van der Waals surface area contributed by atoms with Crippen LogP contribution in [0.2, 0.25) is 5.02 Å². The number of methoxy groups -OCH3 is 1. The maximum absolute atomic E-state index is 12.9. The van der Waals surface area contributed by atoms with Crippen molar-refractivity contribution in [2.24, 2.45) is 0 Å². The minimum absolute atomic E-state index is 0.00804. The van der Waals surface area contributed by atoms with E-state index in [0.717, 1.165) is 28.6 Å². The van der Waals surface area contributed by atoms with Gasteiger partial charge in [0.05, 0.1) is 34.0 Å². The van der Waals surface area contributed by atoms with Crippen LogP contribution in [0.15, 0.2) is 47.5 Å². The Morgan fingerprint density at radius 1 is 1.21 bits per heavy atom. The molecule has 0 saturated heterocycles. The van der Waals surface area contributed by atoms with E-state index in [9.17, 15) is 18.0 Å². The molecule has 4 nitrogen and oxygen atoms in total. The van der Waals surface area contributed by atoms with Crippen LogP contribution in [-0.2, 0) is 11.0 Å². The molecule has 1 N–H and O–H groups in total. The molecule has 0 bridgehead atoms. The number of ether oxygens (including phenoxy) is 1. The molecule has 1 amide bonds. The predicted octanol–water partition coefficient (Wildman–Crippen LogP) is 5.95. The first kappa shape index (κ1) is 21.3. The second kappa shape index (κ2) is 8.51. The molecule has 0 saturated carbocycles. The van der Waals surface area contributed by atoms with Gasteiger partial charge in [0.25, 0.3) is 0 Å². The molecule has 2 aromatic carbocycles. The fourth-order valence-electron chi connectivity index (χ4n) is 2.71. The molecule has 1 heterocycles. The molecule has 1 aromatic heterocycles. The van der Waals surface area contributed by atoms with Crippen LogP contribution in [0.1, 0.15) is 11.1 Å². The molecule has 0 radical (unpaired) electrons. The first-order valence-electron chi connectivity index (χ1n) is 8.42. The SMILES string of the molecule is COc1ccc2c(C)cc(SCC(=O)Nc3ccc(Cl)c(C(F)(F)F)c3)nc2c1. The third kappa shape index (κ3) is 5.13. The van der Waals surface area contributed by atoms with Gasteiger partial charge in [0.1, 0.15) is 5.75 Å². The Morgan fingerprint density at radius 2 is 1.97 bits per heavy atom. The molecular weight excluding hydrogens is 425 g/mol. The Morgan fingerprint density at radius 3 is 2.66 bits per heavy atom. The van der Waals surface area contributed by atoms with E-state index < -0.39 is 22.7 Å². The van der Waals surface area contributed by atoms with Crippen molar-refractivity contribution in [2.45, 2.75) is 18.1 Å². The zero-order chi connectivity index (χ0) is 21.2. The highest BCUT2D eigenvalue weighted by atomic mass is 35.5. The molecule has 3 aromatic rings. The summed E-state index contributed by atoms with van der Waals surface area (Å²) in [6, 6.07) is 10.7. The predicted molar refractivity (Wildman–Crippen MR) is 109 cm³/mol. The molecule has 29 heavy (non-hydrogen) atoms. The summed E-state index contributed by atoms with van der Waals surface area (Å²) < 4.78 is 44.0. The number of thioether (sulfide) groups is 1. The first-order valence-corrected chi connectivity index (χ1v) is 9.78. The lowest BCUT2D eigenvalue weighted by Gasteiger charge is -2.12. The summed E-state index contributed by atoms with van der Waals surface area (Å²) in [4.78, 5) is 16.7. The van der Waals surface area contributed by atoms with E-state index in [4.69, 9.17) is 16.3 Å². The molecule has 0 spiro atoms. The normalized spacial score (nSPS) is 11.5. The van der Waals surface area contributed by atoms with Gasteiger partial charge >= 0.3 is 6.18 Å². The molecule has 0 aliphatic rings. The number of pyridine rings is 1. The number of hydrogen-bond donors (Lipinski definition) is 1. The van der Waals surface area contributed by atoms with Gasteiger partial charge in [-0.3, -0.25) is 4.79 Å². The van der Waals surface area contributed by atoms with E-state index in [1.165, 1.54) is 17.8 Å². The molecular formula is C20H16ClF3N2O2S. The van der Waals surface area contributed by atoms with Crippen molar-refractivity contribution in [1.29, 1.82) is 0 Å². The number of halogens is 4. The smallest absolute Gasteiger partial charge is 0.417 e. The van der Waals surface area contributed by atoms with Crippen LogP contribution in [0.3, 0.4) is 0 Å². The third-order valence-electron chi connectivity index (χ3n) is 4.11. The van der Waals surface area contributed by atoms with Crippen LogP contribution in [-0.4, -0.2) is 23.8 Å². The van der Waals surface area contributed by atoms with Gasteiger partial charge in [-0.2, -0.15) is 13.2 Å². The highest BCUT2D eigenvalue weighted by Gasteiger charge is 2.33. The molecule has 0 atom stereocenters. The highest BCUT2D eigenvalue weighted by Crippen LogP contribution is 2.36. The Hall–Kier alpha value is -2.45. The zero-order valence-electron chi connectivity index (χ0n) is 15.4. The number of carbonyl (C=O) groups is 1. The van der Waals surface area contributed by atoms with Gasteiger partial charge in [-0.05, 0) is 48.9 Å². The Balaban J connectivity index is 1.71. The summed E-state index contributed by atoms with van der Waals surface area (Å²) in [5.74, 6) is 0.217. The third-order valence-corrected chi connectivity index (χ3v) is 5.35. The van der Waals surface area contributed by atoms with Gasteiger partial charge in [0, 0.05) is 17.1 Å². The number of carbonyl (C=O) groups excluding carboxylic acids is 1. The van der Waals surface area contributed by atoms with Crippen LogP contribution in [0, 0.1) is 6.92 Å². The first-order chi connectivity index (χ1) is 13.7. The largest absolute Gasteiger partial charge is 0.497 e. The zero-order valence-corrected chi connectivity index (χ0v) is 17.0. The van der Waals surface area contributed by atoms with Crippen LogP contribution in [0.4, 0.5) is 18.9 Å². The Kier molecular flexibility index (Phi) is 6.24. The number of nitrogens with one attached hydrogen (secondary N) is 1. The van der Waals surface area contributed by atoms with Crippen molar-refractivity contribution in [3.05, 3.63) is 58.6 Å². The summed E-state index contributed by atoms with van der Waals surface area (Å²) in [6.45, 7) is 1.94. The van der Waals surface area contributed by atoms with Gasteiger partial charge in [-0.1, -0.05) is 23.4 Å². The fourth-order valence-corrected chi connectivity index (χ4v) is 3.71.